The molecule has 2 aromatic carbocycles. The first-order valence-corrected chi connectivity index (χ1v) is 8.99. The Labute approximate surface area is 163 Å². The Balaban J connectivity index is 1.75. The maximum absolute atomic E-state index is 12.6. The number of carbonyl (C=O) groups is 2. The monoisotopic (exact) mass is 388 g/mol. The maximum atomic E-state index is 12.6. The summed E-state index contributed by atoms with van der Waals surface area (Å²) < 4.78 is 10.4. The third-order valence-electron chi connectivity index (χ3n) is 4.43. The lowest BCUT2D eigenvalue weighted by molar-refractivity contribution is -0.128. The molecule has 0 bridgehead atoms. The van der Waals surface area contributed by atoms with E-state index in [1.807, 2.05) is 23.1 Å². The number of hydrogen-bond donors (Lipinski definition) is 1. The van der Waals surface area contributed by atoms with Crippen LogP contribution in [0.4, 0.5) is 5.69 Å². The van der Waals surface area contributed by atoms with Crippen LogP contribution in [-0.2, 0) is 11.3 Å². The van der Waals surface area contributed by atoms with Gasteiger partial charge in [0.05, 0.1) is 19.2 Å². The molecule has 0 aliphatic carbocycles. The first kappa shape index (κ1) is 19.0. The van der Waals surface area contributed by atoms with Crippen LogP contribution >= 0.6 is 11.6 Å². The van der Waals surface area contributed by atoms with Crippen LogP contribution in [0.25, 0.3) is 0 Å². The van der Waals surface area contributed by atoms with Gasteiger partial charge in [0.25, 0.3) is 5.91 Å². The Morgan fingerprint density at radius 2 is 2.04 bits per heavy atom. The van der Waals surface area contributed by atoms with Gasteiger partial charge in [-0.1, -0.05) is 23.7 Å². The topological polar surface area (TPSA) is 67.9 Å². The van der Waals surface area contributed by atoms with Crippen molar-refractivity contribution in [2.75, 3.05) is 26.1 Å². The molecular formula is C20H21ClN2O4. The lowest BCUT2D eigenvalue weighted by Crippen LogP contribution is -2.23. The molecule has 0 aromatic heterocycles. The van der Waals surface area contributed by atoms with Gasteiger partial charge in [-0.15, -0.1) is 0 Å². The molecule has 3 rings (SSSR count). The van der Waals surface area contributed by atoms with Gasteiger partial charge in [0.15, 0.2) is 11.5 Å². The minimum Gasteiger partial charge on any atom is -0.493 e. The molecule has 142 valence electrons. The van der Waals surface area contributed by atoms with Crippen molar-refractivity contribution in [3.05, 3.63) is 52.5 Å². The van der Waals surface area contributed by atoms with Crippen LogP contribution < -0.4 is 14.8 Å². The van der Waals surface area contributed by atoms with Crippen molar-refractivity contribution < 1.29 is 19.1 Å². The van der Waals surface area contributed by atoms with Gasteiger partial charge < -0.3 is 19.7 Å². The van der Waals surface area contributed by atoms with Crippen LogP contribution in [0.3, 0.4) is 0 Å². The Bertz CT molecular complexity index is 869. The highest BCUT2D eigenvalue weighted by Crippen LogP contribution is 2.36. The van der Waals surface area contributed by atoms with Crippen LogP contribution in [-0.4, -0.2) is 37.5 Å². The van der Waals surface area contributed by atoms with Crippen molar-refractivity contribution in [1.29, 1.82) is 0 Å². The molecule has 7 heteroatoms. The standard InChI is InChI=1S/C20H21ClN2O4/c1-26-17-11-14(10-16(21)19(17)27-2)20(25)22-15-6-3-5-13(9-15)12-23-8-4-7-18(23)24/h3,5-6,9-11H,4,7-8,12H2,1-2H3,(H,22,25). The van der Waals surface area contributed by atoms with Crippen LogP contribution in [0.5, 0.6) is 11.5 Å². The average Bonchev–Trinajstić information content (AvgIpc) is 3.05. The van der Waals surface area contributed by atoms with E-state index in [9.17, 15) is 9.59 Å². The Morgan fingerprint density at radius 3 is 2.70 bits per heavy atom. The lowest BCUT2D eigenvalue weighted by Gasteiger charge is -2.16. The quantitative estimate of drug-likeness (QED) is 0.818. The molecule has 1 N–H and O–H groups in total. The normalized spacial score (nSPS) is 13.6. The van der Waals surface area contributed by atoms with Gasteiger partial charge in [-0.05, 0) is 36.2 Å². The van der Waals surface area contributed by atoms with Crippen LogP contribution in [0.1, 0.15) is 28.8 Å². The van der Waals surface area contributed by atoms with Gasteiger partial charge in [-0.25, -0.2) is 0 Å². The zero-order valence-electron chi connectivity index (χ0n) is 15.3. The number of nitrogens with one attached hydrogen (secondary N) is 1. The third kappa shape index (κ3) is 4.34. The van der Waals surface area contributed by atoms with E-state index < -0.39 is 0 Å². The first-order valence-electron chi connectivity index (χ1n) is 8.61. The van der Waals surface area contributed by atoms with Crippen LogP contribution in [0.15, 0.2) is 36.4 Å². The molecule has 27 heavy (non-hydrogen) atoms. The van der Waals surface area contributed by atoms with E-state index in [1.54, 1.807) is 12.1 Å². The van der Waals surface area contributed by atoms with Crippen molar-refractivity contribution in [2.24, 2.45) is 0 Å². The minimum absolute atomic E-state index is 0.171. The second-order valence-corrected chi connectivity index (χ2v) is 6.67. The summed E-state index contributed by atoms with van der Waals surface area (Å²) in [7, 11) is 2.97. The second-order valence-electron chi connectivity index (χ2n) is 6.27. The largest absolute Gasteiger partial charge is 0.493 e. The fourth-order valence-corrected chi connectivity index (χ4v) is 3.38. The van der Waals surface area contributed by atoms with Crippen molar-refractivity contribution in [3.63, 3.8) is 0 Å². The van der Waals surface area contributed by atoms with Gasteiger partial charge in [0.2, 0.25) is 5.91 Å². The second kappa shape index (κ2) is 8.31. The number of benzene rings is 2. The van der Waals surface area contributed by atoms with E-state index >= 15 is 0 Å². The number of likely N-dealkylation sites (tertiary alicyclic amines) is 1. The zero-order valence-corrected chi connectivity index (χ0v) is 16.0. The molecule has 1 heterocycles. The number of ether oxygens (including phenoxy) is 2. The number of rotatable bonds is 6. The van der Waals surface area contributed by atoms with E-state index in [4.69, 9.17) is 21.1 Å². The summed E-state index contributed by atoms with van der Waals surface area (Å²) in [6.07, 6.45) is 1.51. The number of amides is 2. The predicted molar refractivity (Wildman–Crippen MR) is 104 cm³/mol. The summed E-state index contributed by atoms with van der Waals surface area (Å²) in [5.74, 6) is 0.626. The van der Waals surface area contributed by atoms with E-state index in [-0.39, 0.29) is 11.8 Å². The number of anilines is 1. The molecule has 2 aromatic rings. The molecule has 1 fully saturated rings. The van der Waals surface area contributed by atoms with Crippen molar-refractivity contribution in [2.45, 2.75) is 19.4 Å². The van der Waals surface area contributed by atoms with Gasteiger partial charge >= 0.3 is 0 Å². The Morgan fingerprint density at radius 1 is 1.22 bits per heavy atom. The fourth-order valence-electron chi connectivity index (χ4n) is 3.09. The first-order chi connectivity index (χ1) is 13.0. The molecule has 0 saturated carbocycles. The summed E-state index contributed by atoms with van der Waals surface area (Å²) in [5.41, 5.74) is 1.97. The molecule has 1 aliphatic heterocycles. The summed E-state index contributed by atoms with van der Waals surface area (Å²) in [6.45, 7) is 1.32. The highest BCUT2D eigenvalue weighted by Gasteiger charge is 2.20. The van der Waals surface area contributed by atoms with Gasteiger partial charge in [-0.3, -0.25) is 9.59 Å². The van der Waals surface area contributed by atoms with E-state index in [1.165, 1.54) is 20.3 Å². The van der Waals surface area contributed by atoms with Crippen LogP contribution in [0, 0.1) is 0 Å². The number of methoxy groups -OCH3 is 2. The average molecular weight is 389 g/mol. The van der Waals surface area contributed by atoms with Gasteiger partial charge in [0.1, 0.15) is 0 Å². The fraction of sp³-hybridized carbons (Fsp3) is 0.300. The molecule has 2 amide bonds. The summed E-state index contributed by atoms with van der Waals surface area (Å²) in [6, 6.07) is 10.6. The third-order valence-corrected chi connectivity index (χ3v) is 4.71. The molecule has 1 saturated heterocycles. The number of halogens is 1. The molecule has 6 nitrogen and oxygen atoms in total. The molecule has 1 aliphatic rings. The molecule has 0 atom stereocenters. The minimum atomic E-state index is -0.313. The zero-order chi connectivity index (χ0) is 19.4. The molecular weight excluding hydrogens is 368 g/mol. The number of nitrogens with zero attached hydrogens (tertiary/aromatic N) is 1. The van der Waals surface area contributed by atoms with Crippen molar-refractivity contribution in [3.8, 4) is 11.5 Å². The smallest absolute Gasteiger partial charge is 0.255 e. The van der Waals surface area contributed by atoms with E-state index in [0.717, 1.165) is 18.5 Å². The lowest BCUT2D eigenvalue weighted by atomic mass is 10.1. The van der Waals surface area contributed by atoms with Gasteiger partial charge in [-0.2, -0.15) is 0 Å². The summed E-state index contributed by atoms with van der Waals surface area (Å²) in [4.78, 5) is 26.2. The Hall–Kier alpha value is -2.73. The van der Waals surface area contributed by atoms with Crippen LogP contribution in [0.2, 0.25) is 5.02 Å². The summed E-state index contributed by atoms with van der Waals surface area (Å²) >= 11 is 6.17. The maximum Gasteiger partial charge on any atom is 0.255 e. The SMILES string of the molecule is COc1cc(C(=O)Nc2cccc(CN3CCCC3=O)c2)cc(Cl)c1OC. The van der Waals surface area contributed by atoms with Gasteiger partial charge in [0, 0.05) is 30.8 Å². The highest BCUT2D eigenvalue weighted by molar-refractivity contribution is 6.32. The molecule has 0 spiro atoms. The number of carbonyl (C=O) groups excluding carboxylic acids is 2. The highest BCUT2D eigenvalue weighted by atomic mass is 35.5. The molecule has 0 unspecified atom stereocenters. The van der Waals surface area contributed by atoms with E-state index in [2.05, 4.69) is 5.32 Å². The van der Waals surface area contributed by atoms with E-state index in [0.29, 0.717) is 40.7 Å². The predicted octanol–water partition coefficient (Wildman–Crippen LogP) is 3.73. The van der Waals surface area contributed by atoms with Crippen molar-refractivity contribution in [1.82, 2.24) is 4.90 Å². The Kier molecular flexibility index (Phi) is 5.86. The number of hydrogen-bond acceptors (Lipinski definition) is 4. The molecule has 0 radical (unpaired) electrons. The summed E-state index contributed by atoms with van der Waals surface area (Å²) in [5, 5.41) is 3.15. The van der Waals surface area contributed by atoms with Crippen molar-refractivity contribution >= 4 is 29.1 Å².